The van der Waals surface area contributed by atoms with E-state index in [0.717, 1.165) is 26.9 Å². The molecule has 2 aromatic heterocycles. The van der Waals surface area contributed by atoms with Gasteiger partial charge in [0.15, 0.2) is 11.2 Å². The number of rotatable bonds is 9. The number of carbonyl (C=O) groups excluding carboxylic acids is 1. The number of imidazole rings is 1. The van der Waals surface area contributed by atoms with Crippen molar-refractivity contribution in [1.82, 2.24) is 18.7 Å². The van der Waals surface area contributed by atoms with Crippen LogP contribution in [0, 0.1) is 13.8 Å². The maximum atomic E-state index is 13.6. The number of methoxy groups -OCH3 is 1. The SMILES string of the molecule is CCN(C(=O)Cn1c(=O)c2c(ncn2CCOC)n(Cc2ccccc2)c1=O)c1ccc(C)cc1C. The Morgan fingerprint density at radius 1 is 1.06 bits per heavy atom. The lowest BCUT2D eigenvalue weighted by molar-refractivity contribution is -0.119. The fourth-order valence-corrected chi connectivity index (χ4v) is 4.46. The first-order valence-corrected chi connectivity index (χ1v) is 11.9. The number of amides is 1. The summed E-state index contributed by atoms with van der Waals surface area (Å²) in [5.41, 5.74) is 3.13. The highest BCUT2D eigenvalue weighted by atomic mass is 16.5. The van der Waals surface area contributed by atoms with Crippen LogP contribution >= 0.6 is 0 Å². The van der Waals surface area contributed by atoms with Crippen molar-refractivity contribution in [2.45, 2.75) is 40.4 Å². The van der Waals surface area contributed by atoms with Gasteiger partial charge in [0.05, 0.1) is 19.5 Å². The van der Waals surface area contributed by atoms with Gasteiger partial charge < -0.3 is 14.2 Å². The van der Waals surface area contributed by atoms with Crippen LogP contribution in [0.4, 0.5) is 5.69 Å². The summed E-state index contributed by atoms with van der Waals surface area (Å²) in [5.74, 6) is -0.336. The molecule has 0 N–H and O–H groups in total. The van der Waals surface area contributed by atoms with Crippen molar-refractivity contribution < 1.29 is 9.53 Å². The predicted octanol–water partition coefficient (Wildman–Crippen LogP) is 2.72. The van der Waals surface area contributed by atoms with E-state index in [0.29, 0.717) is 19.7 Å². The second-order valence-corrected chi connectivity index (χ2v) is 8.78. The fraction of sp³-hybridized carbons (Fsp3) is 0.333. The van der Waals surface area contributed by atoms with Crippen LogP contribution in [0.3, 0.4) is 0 Å². The number of hydrogen-bond donors (Lipinski definition) is 0. The normalized spacial score (nSPS) is 11.2. The van der Waals surface area contributed by atoms with E-state index in [1.807, 2.05) is 69.3 Å². The van der Waals surface area contributed by atoms with Crippen LogP contribution in [-0.2, 0) is 29.2 Å². The fourth-order valence-electron chi connectivity index (χ4n) is 4.46. The summed E-state index contributed by atoms with van der Waals surface area (Å²) < 4.78 is 9.32. The average Bonchev–Trinajstić information content (AvgIpc) is 3.29. The number of aryl methyl sites for hydroxylation is 2. The predicted molar refractivity (Wildman–Crippen MR) is 140 cm³/mol. The molecule has 36 heavy (non-hydrogen) atoms. The highest BCUT2D eigenvalue weighted by Gasteiger charge is 2.23. The van der Waals surface area contributed by atoms with Crippen molar-refractivity contribution in [3.8, 4) is 0 Å². The van der Waals surface area contributed by atoms with Gasteiger partial charge in [-0.3, -0.25) is 14.2 Å². The van der Waals surface area contributed by atoms with E-state index in [1.54, 1.807) is 16.6 Å². The van der Waals surface area contributed by atoms with Crippen LogP contribution in [0.15, 0.2) is 64.4 Å². The van der Waals surface area contributed by atoms with Crippen LogP contribution in [0.5, 0.6) is 0 Å². The standard InChI is InChI=1S/C27H31N5O4/c1-5-30(22-12-11-19(2)15-20(22)3)23(33)17-32-26(34)24-25(28-18-29(24)13-14-36-4)31(27(32)35)16-21-9-7-6-8-10-21/h6-12,15,18H,5,13-14,16-17H2,1-4H3. The number of ether oxygens (including phenoxy) is 1. The number of benzene rings is 2. The van der Waals surface area contributed by atoms with Crippen LogP contribution in [0.1, 0.15) is 23.6 Å². The monoisotopic (exact) mass is 489 g/mol. The Morgan fingerprint density at radius 3 is 2.47 bits per heavy atom. The molecule has 0 atom stereocenters. The minimum Gasteiger partial charge on any atom is -0.383 e. The van der Waals surface area contributed by atoms with Gasteiger partial charge in [0.2, 0.25) is 5.91 Å². The van der Waals surface area contributed by atoms with Gasteiger partial charge >= 0.3 is 5.69 Å². The topological polar surface area (TPSA) is 91.4 Å². The van der Waals surface area contributed by atoms with Crippen molar-refractivity contribution >= 4 is 22.8 Å². The summed E-state index contributed by atoms with van der Waals surface area (Å²) in [6.45, 7) is 6.82. The van der Waals surface area contributed by atoms with E-state index in [2.05, 4.69) is 4.98 Å². The number of fused-ring (bicyclic) bond motifs is 1. The van der Waals surface area contributed by atoms with Crippen LogP contribution in [0.25, 0.3) is 11.2 Å². The molecule has 4 aromatic rings. The van der Waals surface area contributed by atoms with Crippen LogP contribution in [-0.4, -0.2) is 44.9 Å². The second-order valence-electron chi connectivity index (χ2n) is 8.78. The van der Waals surface area contributed by atoms with Crippen molar-refractivity contribution in [2.24, 2.45) is 0 Å². The van der Waals surface area contributed by atoms with Crippen molar-refractivity contribution in [3.63, 3.8) is 0 Å². The number of carbonyl (C=O) groups is 1. The van der Waals surface area contributed by atoms with E-state index >= 15 is 0 Å². The van der Waals surface area contributed by atoms with Crippen molar-refractivity contribution in [2.75, 3.05) is 25.2 Å². The Bertz CT molecular complexity index is 1500. The van der Waals surface area contributed by atoms with Gasteiger partial charge in [0.25, 0.3) is 5.56 Å². The molecule has 2 aromatic carbocycles. The molecule has 0 unspecified atom stereocenters. The summed E-state index contributed by atoms with van der Waals surface area (Å²) in [6.07, 6.45) is 1.53. The number of hydrogen-bond acceptors (Lipinski definition) is 5. The number of likely N-dealkylation sites (N-methyl/N-ethyl adjacent to an activating group) is 1. The van der Waals surface area contributed by atoms with Gasteiger partial charge in [0.1, 0.15) is 6.54 Å². The lowest BCUT2D eigenvalue weighted by Gasteiger charge is -2.24. The second kappa shape index (κ2) is 10.7. The first-order valence-electron chi connectivity index (χ1n) is 11.9. The first kappa shape index (κ1) is 25.1. The minimum atomic E-state index is -0.571. The van der Waals surface area contributed by atoms with Gasteiger partial charge in [-0.15, -0.1) is 0 Å². The van der Waals surface area contributed by atoms with Gasteiger partial charge in [-0.05, 0) is 38.0 Å². The molecule has 0 saturated carbocycles. The Morgan fingerprint density at radius 2 is 1.81 bits per heavy atom. The molecular formula is C27H31N5O4. The Kier molecular flexibility index (Phi) is 7.49. The lowest BCUT2D eigenvalue weighted by atomic mass is 10.1. The van der Waals surface area contributed by atoms with Crippen LogP contribution in [0.2, 0.25) is 0 Å². The number of nitrogens with zero attached hydrogens (tertiary/aromatic N) is 5. The summed E-state index contributed by atoms with van der Waals surface area (Å²) in [5, 5.41) is 0. The summed E-state index contributed by atoms with van der Waals surface area (Å²) >= 11 is 0. The molecule has 4 rings (SSSR count). The molecule has 0 saturated heterocycles. The molecule has 188 valence electrons. The molecule has 0 aliphatic carbocycles. The third-order valence-corrected chi connectivity index (χ3v) is 6.26. The third kappa shape index (κ3) is 4.87. The molecule has 9 heteroatoms. The quantitative estimate of drug-likeness (QED) is 0.361. The third-order valence-electron chi connectivity index (χ3n) is 6.26. The van der Waals surface area contributed by atoms with Crippen molar-refractivity contribution in [3.05, 3.63) is 92.4 Å². The molecule has 0 radical (unpaired) electrons. The summed E-state index contributed by atoms with van der Waals surface area (Å²) in [7, 11) is 1.58. The molecule has 0 aliphatic heterocycles. The largest absolute Gasteiger partial charge is 0.383 e. The van der Waals surface area contributed by atoms with Gasteiger partial charge in [0, 0.05) is 25.9 Å². The molecule has 1 amide bonds. The number of anilines is 1. The molecule has 0 spiro atoms. The Balaban J connectivity index is 1.82. The smallest absolute Gasteiger partial charge is 0.333 e. The highest BCUT2D eigenvalue weighted by Crippen LogP contribution is 2.21. The first-order chi connectivity index (χ1) is 17.3. The van der Waals surface area contributed by atoms with E-state index in [1.165, 1.54) is 10.9 Å². The van der Waals surface area contributed by atoms with Gasteiger partial charge in [-0.1, -0.05) is 48.0 Å². The average molecular weight is 490 g/mol. The van der Waals surface area contributed by atoms with Gasteiger partial charge in [-0.2, -0.15) is 0 Å². The van der Waals surface area contributed by atoms with E-state index in [-0.39, 0.29) is 30.2 Å². The summed E-state index contributed by atoms with van der Waals surface area (Å²) in [6, 6.07) is 15.3. The molecule has 0 aliphatic rings. The lowest BCUT2D eigenvalue weighted by Crippen LogP contribution is -2.45. The van der Waals surface area contributed by atoms with Crippen LogP contribution < -0.4 is 16.1 Å². The Labute approximate surface area is 209 Å². The van der Waals surface area contributed by atoms with Crippen molar-refractivity contribution in [1.29, 1.82) is 0 Å². The minimum absolute atomic E-state index is 0.223. The number of aromatic nitrogens is 4. The zero-order chi connectivity index (χ0) is 25.8. The molecule has 2 heterocycles. The zero-order valence-corrected chi connectivity index (χ0v) is 21.1. The van der Waals surface area contributed by atoms with E-state index in [9.17, 15) is 14.4 Å². The Hall–Kier alpha value is -3.98. The summed E-state index contributed by atoms with van der Waals surface area (Å²) in [4.78, 5) is 46.6. The van der Waals surface area contributed by atoms with E-state index < -0.39 is 11.2 Å². The maximum absolute atomic E-state index is 13.6. The molecule has 0 bridgehead atoms. The van der Waals surface area contributed by atoms with E-state index in [4.69, 9.17) is 4.74 Å². The molecule has 9 nitrogen and oxygen atoms in total. The maximum Gasteiger partial charge on any atom is 0.333 e. The molecular weight excluding hydrogens is 458 g/mol. The van der Waals surface area contributed by atoms with Gasteiger partial charge in [-0.25, -0.2) is 14.3 Å². The zero-order valence-electron chi connectivity index (χ0n) is 21.1. The highest BCUT2D eigenvalue weighted by molar-refractivity contribution is 5.94. The molecule has 0 fully saturated rings.